The van der Waals surface area contributed by atoms with Crippen molar-refractivity contribution in [2.24, 2.45) is 7.05 Å². The highest BCUT2D eigenvalue weighted by Gasteiger charge is 2.12. The zero-order valence-electron chi connectivity index (χ0n) is 7.13. The second kappa shape index (κ2) is 3.22. The Bertz CT molecular complexity index is 256. The fourth-order valence-corrected chi connectivity index (χ4v) is 1.32. The Morgan fingerprint density at radius 2 is 2.00 bits per heavy atom. The Balaban J connectivity index is 3.17. The molecule has 0 aromatic carbocycles. The van der Waals surface area contributed by atoms with Gasteiger partial charge in [0.25, 0.3) is 5.15 Å². The van der Waals surface area contributed by atoms with Crippen molar-refractivity contribution in [2.75, 3.05) is 0 Å². The predicted molar refractivity (Wildman–Crippen MR) is 46.7 cm³/mol. The lowest BCUT2D eigenvalue weighted by atomic mass is 10.1. The molecule has 0 unspecified atom stereocenters. The van der Waals surface area contributed by atoms with Crippen molar-refractivity contribution >= 4 is 11.6 Å². The Morgan fingerprint density at radius 1 is 1.36 bits per heavy atom. The molecule has 0 amide bonds. The topological polar surface area (TPSA) is 3.88 Å². The molecule has 60 valence electrons. The molecule has 2 heteroatoms. The molecule has 0 bridgehead atoms. The van der Waals surface area contributed by atoms with Crippen LogP contribution in [0.25, 0.3) is 0 Å². The lowest BCUT2D eigenvalue weighted by Crippen LogP contribution is -2.35. The first kappa shape index (κ1) is 8.54. The molecule has 0 atom stereocenters. The third-order valence-electron chi connectivity index (χ3n) is 1.80. The summed E-state index contributed by atoms with van der Waals surface area (Å²) >= 11 is 5.92. The Labute approximate surface area is 72.6 Å². The van der Waals surface area contributed by atoms with Crippen LogP contribution in [0.2, 0.25) is 5.15 Å². The number of pyridine rings is 1. The summed E-state index contributed by atoms with van der Waals surface area (Å²) in [6.07, 6.45) is 0. The van der Waals surface area contributed by atoms with E-state index in [1.165, 1.54) is 5.69 Å². The number of hydrogen-bond acceptors (Lipinski definition) is 0. The van der Waals surface area contributed by atoms with Gasteiger partial charge >= 0.3 is 0 Å². The highest BCUT2D eigenvalue weighted by Crippen LogP contribution is 2.11. The minimum Gasteiger partial charge on any atom is -0.188 e. The summed E-state index contributed by atoms with van der Waals surface area (Å²) in [5.74, 6) is 0.527. The van der Waals surface area contributed by atoms with Crippen molar-refractivity contribution in [3.8, 4) is 0 Å². The maximum absolute atomic E-state index is 5.92. The van der Waals surface area contributed by atoms with E-state index in [-0.39, 0.29) is 0 Å². The Morgan fingerprint density at radius 3 is 2.45 bits per heavy atom. The molecular weight excluding hydrogens is 158 g/mol. The molecular formula is C9H13ClN+. The molecule has 1 nitrogen and oxygen atoms in total. The summed E-state index contributed by atoms with van der Waals surface area (Å²) in [5.41, 5.74) is 1.26. The van der Waals surface area contributed by atoms with E-state index in [2.05, 4.69) is 19.9 Å². The Kier molecular flexibility index (Phi) is 2.50. The molecule has 0 saturated heterocycles. The maximum Gasteiger partial charge on any atom is 0.274 e. The highest BCUT2D eigenvalue weighted by atomic mass is 35.5. The zero-order valence-corrected chi connectivity index (χ0v) is 7.89. The van der Waals surface area contributed by atoms with Gasteiger partial charge in [0.05, 0.1) is 0 Å². The molecule has 1 aromatic rings. The average molecular weight is 171 g/mol. The number of aromatic nitrogens is 1. The molecule has 0 aliphatic rings. The first-order valence-corrected chi connectivity index (χ1v) is 4.15. The smallest absolute Gasteiger partial charge is 0.188 e. The van der Waals surface area contributed by atoms with Crippen LogP contribution in [-0.2, 0) is 7.05 Å². The van der Waals surface area contributed by atoms with E-state index in [9.17, 15) is 0 Å². The van der Waals surface area contributed by atoms with Crippen LogP contribution in [0.4, 0.5) is 0 Å². The highest BCUT2D eigenvalue weighted by molar-refractivity contribution is 6.28. The van der Waals surface area contributed by atoms with E-state index in [1.807, 2.05) is 23.7 Å². The van der Waals surface area contributed by atoms with Crippen LogP contribution in [0.15, 0.2) is 18.2 Å². The van der Waals surface area contributed by atoms with Gasteiger partial charge in [-0.05, 0) is 17.7 Å². The third-order valence-corrected chi connectivity index (χ3v) is 2.18. The van der Waals surface area contributed by atoms with E-state index < -0.39 is 0 Å². The summed E-state index contributed by atoms with van der Waals surface area (Å²) in [6.45, 7) is 4.32. The van der Waals surface area contributed by atoms with Gasteiger partial charge in [-0.2, -0.15) is 4.57 Å². The number of nitrogens with zero attached hydrogens (tertiary/aromatic N) is 1. The van der Waals surface area contributed by atoms with E-state index >= 15 is 0 Å². The average Bonchev–Trinajstić information content (AvgIpc) is 1.94. The van der Waals surface area contributed by atoms with E-state index in [0.717, 1.165) is 5.15 Å². The normalized spacial score (nSPS) is 10.6. The first-order chi connectivity index (χ1) is 5.13. The van der Waals surface area contributed by atoms with Crippen molar-refractivity contribution in [3.63, 3.8) is 0 Å². The molecule has 11 heavy (non-hydrogen) atoms. The first-order valence-electron chi connectivity index (χ1n) is 3.77. The van der Waals surface area contributed by atoms with Gasteiger partial charge in [-0.15, -0.1) is 0 Å². The number of rotatable bonds is 1. The largest absolute Gasteiger partial charge is 0.274 e. The van der Waals surface area contributed by atoms with Gasteiger partial charge in [0, 0.05) is 18.1 Å². The molecule has 1 aromatic heterocycles. The molecule has 0 N–H and O–H groups in total. The van der Waals surface area contributed by atoms with E-state index in [1.54, 1.807) is 0 Å². The van der Waals surface area contributed by atoms with Gasteiger partial charge in [-0.25, -0.2) is 0 Å². The van der Waals surface area contributed by atoms with E-state index in [4.69, 9.17) is 11.6 Å². The molecule has 0 fully saturated rings. The zero-order chi connectivity index (χ0) is 8.43. The SMILES string of the molecule is CC(C)c1cccc(Cl)[n+]1C. The van der Waals surface area contributed by atoms with Gasteiger partial charge in [0.15, 0.2) is 5.69 Å². The van der Waals surface area contributed by atoms with Crippen LogP contribution >= 0.6 is 11.6 Å². The van der Waals surface area contributed by atoms with Gasteiger partial charge < -0.3 is 0 Å². The number of halogens is 1. The van der Waals surface area contributed by atoms with Crippen LogP contribution in [0.3, 0.4) is 0 Å². The number of hydrogen-bond donors (Lipinski definition) is 0. The Hall–Kier alpha value is -0.560. The predicted octanol–water partition coefficient (Wildman–Crippen LogP) is 2.29. The maximum atomic E-state index is 5.92. The molecule has 0 radical (unpaired) electrons. The van der Waals surface area contributed by atoms with Crippen molar-refractivity contribution in [1.82, 2.24) is 0 Å². The summed E-state index contributed by atoms with van der Waals surface area (Å²) in [4.78, 5) is 0. The van der Waals surface area contributed by atoms with E-state index in [0.29, 0.717) is 5.92 Å². The molecule has 0 aliphatic carbocycles. The minimum absolute atomic E-state index is 0.527. The molecule has 1 rings (SSSR count). The lowest BCUT2D eigenvalue weighted by Gasteiger charge is -2.02. The molecule has 0 spiro atoms. The summed E-state index contributed by atoms with van der Waals surface area (Å²) < 4.78 is 2.01. The van der Waals surface area contributed by atoms with Crippen molar-refractivity contribution in [2.45, 2.75) is 19.8 Å². The van der Waals surface area contributed by atoms with Crippen LogP contribution in [-0.4, -0.2) is 0 Å². The van der Waals surface area contributed by atoms with Crippen molar-refractivity contribution in [3.05, 3.63) is 29.0 Å². The fraction of sp³-hybridized carbons (Fsp3) is 0.444. The van der Waals surface area contributed by atoms with Gasteiger partial charge in [-0.3, -0.25) is 0 Å². The van der Waals surface area contributed by atoms with Crippen LogP contribution in [0.1, 0.15) is 25.5 Å². The third kappa shape index (κ3) is 1.72. The molecule has 1 heterocycles. The van der Waals surface area contributed by atoms with Crippen LogP contribution < -0.4 is 4.57 Å². The van der Waals surface area contributed by atoms with Gasteiger partial charge in [-0.1, -0.05) is 13.8 Å². The molecule has 0 saturated carbocycles. The molecule has 0 aliphatic heterocycles. The summed E-state index contributed by atoms with van der Waals surface area (Å²) in [7, 11) is 1.98. The van der Waals surface area contributed by atoms with Gasteiger partial charge in [0.2, 0.25) is 0 Å². The minimum atomic E-state index is 0.527. The quantitative estimate of drug-likeness (QED) is 0.450. The van der Waals surface area contributed by atoms with Crippen molar-refractivity contribution in [1.29, 1.82) is 0 Å². The second-order valence-corrected chi connectivity index (χ2v) is 3.37. The summed E-state index contributed by atoms with van der Waals surface area (Å²) in [5, 5.41) is 0.788. The second-order valence-electron chi connectivity index (χ2n) is 2.99. The summed E-state index contributed by atoms with van der Waals surface area (Å²) in [6, 6.07) is 5.97. The van der Waals surface area contributed by atoms with Crippen LogP contribution in [0.5, 0.6) is 0 Å². The lowest BCUT2D eigenvalue weighted by molar-refractivity contribution is -0.678. The fourth-order valence-electron chi connectivity index (χ4n) is 1.15. The monoisotopic (exact) mass is 170 g/mol. The van der Waals surface area contributed by atoms with Gasteiger partial charge in [0.1, 0.15) is 7.05 Å². The van der Waals surface area contributed by atoms with Crippen molar-refractivity contribution < 1.29 is 4.57 Å². The van der Waals surface area contributed by atoms with Crippen LogP contribution in [0, 0.1) is 0 Å². The standard InChI is InChI=1S/C9H13ClN/c1-7(2)8-5-4-6-9(10)11(8)3/h4-7H,1-3H3/q+1.